The molecular weight excluding hydrogens is 328 g/mol. The Morgan fingerprint density at radius 3 is 2.38 bits per heavy atom. The lowest BCUT2D eigenvalue weighted by Gasteiger charge is -2.16. The molecule has 1 aromatic rings. The minimum absolute atomic E-state index is 0.0558. The lowest BCUT2D eigenvalue weighted by molar-refractivity contribution is -0.138. The predicted octanol–water partition coefficient (Wildman–Crippen LogP) is 1.44. The molecule has 0 radical (unpaired) electrons. The van der Waals surface area contributed by atoms with Crippen LogP contribution in [0.5, 0.6) is 0 Å². The Labute approximate surface area is 146 Å². The maximum Gasteiger partial charge on any atom is 0.344 e. The maximum absolute atomic E-state index is 12.2. The van der Waals surface area contributed by atoms with E-state index in [9.17, 15) is 9.59 Å². The predicted molar refractivity (Wildman–Crippen MR) is 96.6 cm³/mol. The summed E-state index contributed by atoms with van der Waals surface area (Å²) in [5.74, 6) is -1.31. The molecule has 0 bridgehead atoms. The van der Waals surface area contributed by atoms with Crippen LogP contribution in [0, 0.1) is 5.92 Å². The van der Waals surface area contributed by atoms with Crippen LogP contribution in [0.15, 0.2) is 41.7 Å². The molecule has 5 N–H and O–H groups in total. The molecule has 0 heterocycles. The summed E-state index contributed by atoms with van der Waals surface area (Å²) < 4.78 is 4.98. The molecule has 0 unspecified atom stereocenters. The molecule has 1 aromatic carbocycles. The summed E-state index contributed by atoms with van der Waals surface area (Å²) >= 11 is 5.25. The van der Waals surface area contributed by atoms with Crippen molar-refractivity contribution in [3.8, 4) is 0 Å². The van der Waals surface area contributed by atoms with E-state index < -0.39 is 5.97 Å². The van der Waals surface area contributed by atoms with Crippen LogP contribution in [0.25, 0.3) is 0 Å². The number of ether oxygens (including phenoxy) is 1. The van der Waals surface area contributed by atoms with E-state index in [2.05, 4.69) is 16.2 Å². The summed E-state index contributed by atoms with van der Waals surface area (Å²) in [7, 11) is 0. The number of anilines is 1. The van der Waals surface area contributed by atoms with Gasteiger partial charge in [-0.3, -0.25) is 15.6 Å². The molecule has 0 aliphatic heterocycles. The van der Waals surface area contributed by atoms with Gasteiger partial charge in [0.2, 0.25) is 5.91 Å². The van der Waals surface area contributed by atoms with Gasteiger partial charge in [0.25, 0.3) is 0 Å². The number of nitrogens with one attached hydrogen (secondary N) is 3. The molecule has 7 nitrogen and oxygen atoms in total. The highest BCUT2D eigenvalue weighted by atomic mass is 32.1. The van der Waals surface area contributed by atoms with E-state index in [4.69, 9.17) is 22.7 Å². The van der Waals surface area contributed by atoms with Crippen molar-refractivity contribution in [2.75, 3.05) is 11.9 Å². The number of nitrogens with two attached hydrogens (primary N) is 1. The largest absolute Gasteiger partial charge is 0.462 e. The van der Waals surface area contributed by atoms with E-state index in [0.29, 0.717) is 5.69 Å². The van der Waals surface area contributed by atoms with Gasteiger partial charge in [0, 0.05) is 11.6 Å². The average Bonchev–Trinajstić information content (AvgIpc) is 2.53. The first kappa shape index (κ1) is 19.4. The standard InChI is InChI=1S/C16H22N4O3S/c1-4-23-16(22)12(13(17)19-20-14(21)10(2)3)15(24)18-11-8-6-5-7-9-11/h5-10,19H,4,17H2,1-3H3,(H,18,24)(H,20,21)/b13-12+. The van der Waals surface area contributed by atoms with Crippen molar-refractivity contribution >= 4 is 34.8 Å². The zero-order valence-electron chi connectivity index (χ0n) is 13.9. The Morgan fingerprint density at radius 1 is 1.21 bits per heavy atom. The first-order valence-electron chi connectivity index (χ1n) is 7.46. The van der Waals surface area contributed by atoms with Gasteiger partial charge < -0.3 is 15.8 Å². The lowest BCUT2D eigenvalue weighted by Crippen LogP contribution is -2.43. The number of hydrazine groups is 1. The summed E-state index contributed by atoms with van der Waals surface area (Å²) in [5, 5.41) is 2.91. The number of para-hydroxylation sites is 1. The van der Waals surface area contributed by atoms with Crippen LogP contribution in [0.3, 0.4) is 0 Å². The summed E-state index contributed by atoms with van der Waals surface area (Å²) in [6.07, 6.45) is 0. The number of rotatable bonds is 7. The molecule has 24 heavy (non-hydrogen) atoms. The Hall–Kier alpha value is -2.61. The van der Waals surface area contributed by atoms with E-state index in [0.717, 1.165) is 0 Å². The fourth-order valence-corrected chi connectivity index (χ4v) is 1.89. The van der Waals surface area contributed by atoms with Gasteiger partial charge in [-0.2, -0.15) is 0 Å². The van der Waals surface area contributed by atoms with Gasteiger partial charge in [0.05, 0.1) is 6.61 Å². The molecule has 130 valence electrons. The van der Waals surface area contributed by atoms with Crippen molar-refractivity contribution in [2.45, 2.75) is 20.8 Å². The molecule has 0 saturated heterocycles. The van der Waals surface area contributed by atoms with Crippen LogP contribution >= 0.6 is 12.2 Å². The second kappa shape index (κ2) is 9.51. The number of hydrogen-bond acceptors (Lipinski definition) is 6. The fourth-order valence-electron chi connectivity index (χ4n) is 1.58. The Kier molecular flexibility index (Phi) is 7.70. The normalized spacial score (nSPS) is 11.3. The van der Waals surface area contributed by atoms with Crippen LogP contribution in [0.1, 0.15) is 20.8 Å². The highest BCUT2D eigenvalue weighted by Crippen LogP contribution is 2.11. The lowest BCUT2D eigenvalue weighted by atomic mass is 10.2. The summed E-state index contributed by atoms with van der Waals surface area (Å²) in [6.45, 7) is 5.30. The summed E-state index contributed by atoms with van der Waals surface area (Å²) in [5.41, 5.74) is 11.4. The zero-order valence-corrected chi connectivity index (χ0v) is 14.7. The van der Waals surface area contributed by atoms with Crippen molar-refractivity contribution in [1.29, 1.82) is 0 Å². The van der Waals surface area contributed by atoms with Gasteiger partial charge in [-0.1, -0.05) is 44.3 Å². The Morgan fingerprint density at radius 2 is 1.83 bits per heavy atom. The molecule has 0 aromatic heterocycles. The number of carbonyl (C=O) groups is 2. The molecule has 0 atom stereocenters. The first-order valence-corrected chi connectivity index (χ1v) is 7.86. The molecule has 8 heteroatoms. The quantitative estimate of drug-likeness (QED) is 0.255. The maximum atomic E-state index is 12.2. The van der Waals surface area contributed by atoms with Crippen LogP contribution < -0.4 is 21.9 Å². The third-order valence-corrected chi connectivity index (χ3v) is 3.16. The highest BCUT2D eigenvalue weighted by molar-refractivity contribution is 7.81. The number of hydrogen-bond donors (Lipinski definition) is 4. The van der Waals surface area contributed by atoms with E-state index in [1.54, 1.807) is 32.9 Å². The van der Waals surface area contributed by atoms with Gasteiger partial charge in [0.1, 0.15) is 16.4 Å². The second-order valence-corrected chi connectivity index (χ2v) is 5.51. The number of amides is 1. The van der Waals surface area contributed by atoms with E-state index in [-0.39, 0.29) is 34.8 Å². The van der Waals surface area contributed by atoms with Crippen molar-refractivity contribution in [2.24, 2.45) is 11.7 Å². The Balaban J connectivity index is 2.97. The SMILES string of the molecule is CCOC(=O)/C(C(=S)Nc1ccccc1)=C(\N)NNC(=O)C(C)C. The van der Waals surface area contributed by atoms with Crippen LogP contribution in [-0.4, -0.2) is 23.5 Å². The number of thiocarbonyl (C=S) groups is 1. The summed E-state index contributed by atoms with van der Waals surface area (Å²) in [4.78, 5) is 23.9. The number of carbonyl (C=O) groups excluding carboxylic acids is 2. The Bertz CT molecular complexity index is 629. The number of benzene rings is 1. The van der Waals surface area contributed by atoms with E-state index in [1.165, 1.54) is 0 Å². The van der Waals surface area contributed by atoms with E-state index in [1.807, 2.05) is 18.2 Å². The van der Waals surface area contributed by atoms with Gasteiger partial charge in [0.15, 0.2) is 0 Å². The van der Waals surface area contributed by atoms with Gasteiger partial charge in [-0.15, -0.1) is 0 Å². The molecule has 1 amide bonds. The average molecular weight is 350 g/mol. The van der Waals surface area contributed by atoms with Gasteiger partial charge >= 0.3 is 5.97 Å². The molecular formula is C16H22N4O3S. The smallest absolute Gasteiger partial charge is 0.344 e. The molecule has 0 fully saturated rings. The fraction of sp³-hybridized carbons (Fsp3) is 0.312. The van der Waals surface area contributed by atoms with Gasteiger partial charge in [-0.05, 0) is 19.1 Å². The minimum atomic E-state index is -0.685. The molecule has 0 spiro atoms. The third-order valence-electron chi connectivity index (χ3n) is 2.85. The second-order valence-electron chi connectivity index (χ2n) is 5.10. The third kappa shape index (κ3) is 5.88. The van der Waals surface area contributed by atoms with Crippen molar-refractivity contribution < 1.29 is 14.3 Å². The molecule has 0 aliphatic rings. The highest BCUT2D eigenvalue weighted by Gasteiger charge is 2.21. The van der Waals surface area contributed by atoms with Crippen molar-refractivity contribution in [3.63, 3.8) is 0 Å². The first-order chi connectivity index (χ1) is 11.4. The monoisotopic (exact) mass is 350 g/mol. The number of esters is 1. The molecule has 0 saturated carbocycles. The zero-order chi connectivity index (χ0) is 18.1. The molecule has 1 rings (SSSR count). The topological polar surface area (TPSA) is 105 Å². The molecule has 0 aliphatic carbocycles. The van der Waals surface area contributed by atoms with Crippen LogP contribution in [0.4, 0.5) is 5.69 Å². The van der Waals surface area contributed by atoms with Crippen molar-refractivity contribution in [3.05, 3.63) is 41.7 Å². The van der Waals surface area contributed by atoms with Gasteiger partial charge in [-0.25, -0.2) is 4.79 Å². The van der Waals surface area contributed by atoms with E-state index >= 15 is 0 Å². The summed E-state index contributed by atoms with van der Waals surface area (Å²) in [6, 6.07) is 9.08. The van der Waals surface area contributed by atoms with Crippen LogP contribution in [-0.2, 0) is 14.3 Å². The van der Waals surface area contributed by atoms with Crippen molar-refractivity contribution in [1.82, 2.24) is 10.9 Å². The van der Waals surface area contributed by atoms with Crippen LogP contribution in [0.2, 0.25) is 0 Å². The minimum Gasteiger partial charge on any atom is -0.462 e.